The van der Waals surface area contributed by atoms with Crippen LogP contribution in [0.5, 0.6) is 5.75 Å². The lowest BCUT2D eigenvalue weighted by atomic mass is 9.47. The van der Waals surface area contributed by atoms with Gasteiger partial charge in [0.1, 0.15) is 11.9 Å². The molecule has 0 aromatic heterocycles. The molecule has 4 aliphatic rings. The molecule has 0 N–H and O–H groups in total. The monoisotopic (exact) mass is 534 g/mol. The number of carbonyl (C=O) groups is 1. The summed E-state index contributed by atoms with van der Waals surface area (Å²) >= 11 is 0. The highest BCUT2D eigenvalue weighted by Crippen LogP contribution is 2.66. The van der Waals surface area contributed by atoms with Gasteiger partial charge in [-0.05, 0) is 104 Å². The van der Waals surface area contributed by atoms with Crippen molar-refractivity contribution in [3.63, 3.8) is 0 Å². The largest absolute Gasteiger partial charge is 0.514 e. The van der Waals surface area contributed by atoms with Gasteiger partial charge in [0.15, 0.2) is 0 Å². The van der Waals surface area contributed by atoms with Crippen molar-refractivity contribution < 1.29 is 14.3 Å². The lowest BCUT2D eigenvalue weighted by Gasteiger charge is -2.58. The molecule has 5 rings (SSSR count). The van der Waals surface area contributed by atoms with E-state index in [1.54, 1.807) is 5.57 Å². The summed E-state index contributed by atoms with van der Waals surface area (Å²) < 4.78 is 11.5. The Kier molecular flexibility index (Phi) is 9.14. The molecular weight excluding hydrogens is 480 g/mol. The van der Waals surface area contributed by atoms with E-state index in [1.165, 1.54) is 77.0 Å². The zero-order valence-electron chi connectivity index (χ0n) is 25.3. The van der Waals surface area contributed by atoms with E-state index < -0.39 is 6.16 Å². The van der Waals surface area contributed by atoms with E-state index in [2.05, 4.69) is 33.8 Å². The van der Waals surface area contributed by atoms with E-state index in [9.17, 15) is 4.79 Å². The number of hydrogen-bond acceptors (Lipinski definition) is 3. The Bertz CT molecular complexity index is 1010. The molecule has 0 amide bonds. The van der Waals surface area contributed by atoms with Crippen molar-refractivity contribution in [1.29, 1.82) is 0 Å². The first kappa shape index (κ1) is 28.7. The molecule has 7 atom stereocenters. The van der Waals surface area contributed by atoms with E-state index in [-0.39, 0.29) is 11.5 Å². The van der Waals surface area contributed by atoms with Crippen molar-refractivity contribution in [3.8, 4) is 5.75 Å². The smallest absolute Gasteiger partial charge is 0.430 e. The number of carbonyl (C=O) groups excluding carboxylic acids is 1. The van der Waals surface area contributed by atoms with Gasteiger partial charge in [-0.25, -0.2) is 4.79 Å². The second kappa shape index (κ2) is 12.4. The molecule has 1 aromatic carbocycles. The Balaban J connectivity index is 1.18. The maximum absolute atomic E-state index is 12.7. The first-order valence-electron chi connectivity index (χ1n) is 16.5. The minimum Gasteiger partial charge on any atom is -0.430 e. The van der Waals surface area contributed by atoms with Gasteiger partial charge in [-0.3, -0.25) is 0 Å². The van der Waals surface area contributed by atoms with Gasteiger partial charge in [-0.15, -0.1) is 0 Å². The molecule has 0 heterocycles. The topological polar surface area (TPSA) is 35.5 Å². The number of hydrogen-bond donors (Lipinski definition) is 0. The number of allylic oxidation sites excluding steroid dienone is 1. The summed E-state index contributed by atoms with van der Waals surface area (Å²) in [5.74, 6) is 4.12. The van der Waals surface area contributed by atoms with E-state index in [0.29, 0.717) is 11.2 Å². The quantitative estimate of drug-likeness (QED) is 0.130. The van der Waals surface area contributed by atoms with Gasteiger partial charge in [0, 0.05) is 6.42 Å². The minimum atomic E-state index is -0.547. The number of para-hydroxylation sites is 1. The van der Waals surface area contributed by atoms with E-state index in [0.717, 1.165) is 54.9 Å². The zero-order chi connectivity index (χ0) is 27.5. The molecule has 216 valence electrons. The summed E-state index contributed by atoms with van der Waals surface area (Å²) in [6.45, 7) is 9.61. The number of fused-ring (bicyclic) bond motifs is 5. The van der Waals surface area contributed by atoms with Gasteiger partial charge in [-0.1, -0.05) is 96.1 Å². The van der Waals surface area contributed by atoms with Crippen molar-refractivity contribution in [1.82, 2.24) is 0 Å². The summed E-state index contributed by atoms with van der Waals surface area (Å²) in [4.78, 5) is 12.7. The van der Waals surface area contributed by atoms with E-state index >= 15 is 0 Å². The average Bonchev–Trinajstić information content (AvgIpc) is 3.27. The van der Waals surface area contributed by atoms with Crippen LogP contribution < -0.4 is 4.74 Å². The molecule has 4 unspecified atom stereocenters. The second-order valence-corrected chi connectivity index (χ2v) is 13.9. The predicted octanol–water partition coefficient (Wildman–Crippen LogP) is 10.5. The van der Waals surface area contributed by atoms with Crippen molar-refractivity contribution >= 4 is 6.16 Å². The molecule has 0 spiro atoms. The van der Waals surface area contributed by atoms with Gasteiger partial charge >= 0.3 is 6.16 Å². The van der Waals surface area contributed by atoms with Crippen LogP contribution in [0.25, 0.3) is 0 Å². The molecule has 0 saturated heterocycles. The highest BCUT2D eigenvalue weighted by Gasteiger charge is 2.58. The minimum absolute atomic E-state index is 0.0655. The van der Waals surface area contributed by atoms with Crippen LogP contribution in [0, 0.1) is 34.5 Å². The number of benzene rings is 1. The predicted molar refractivity (Wildman–Crippen MR) is 160 cm³/mol. The Morgan fingerprint density at radius 3 is 2.54 bits per heavy atom. The number of rotatable bonds is 10. The van der Waals surface area contributed by atoms with Gasteiger partial charge in [0.2, 0.25) is 0 Å². The lowest BCUT2D eigenvalue weighted by molar-refractivity contribution is -0.0538. The highest BCUT2D eigenvalue weighted by molar-refractivity contribution is 5.64. The highest BCUT2D eigenvalue weighted by atomic mass is 16.7. The fourth-order valence-corrected chi connectivity index (χ4v) is 9.63. The maximum atomic E-state index is 12.7. The van der Waals surface area contributed by atoms with Crippen LogP contribution in [0.2, 0.25) is 0 Å². The second-order valence-electron chi connectivity index (χ2n) is 13.9. The molecule has 0 bridgehead atoms. The summed E-state index contributed by atoms with van der Waals surface area (Å²) in [6.07, 6.45) is 22.7. The van der Waals surface area contributed by atoms with Crippen LogP contribution in [0.15, 0.2) is 35.9 Å². The molecular formula is C36H54O3. The van der Waals surface area contributed by atoms with Crippen molar-refractivity contribution in [2.45, 2.75) is 137 Å². The Morgan fingerprint density at radius 2 is 1.72 bits per heavy atom. The molecule has 0 radical (unpaired) electrons. The molecule has 3 saturated carbocycles. The molecule has 0 aliphatic heterocycles. The SMILES string of the molecule is CCCCCCCCC1CCC2C3CC=C4C[C@@H](OC(=O)Oc5ccccc5CC)CC[C@]4(C)C3CC[C@]12C. The van der Waals surface area contributed by atoms with Gasteiger partial charge < -0.3 is 9.47 Å². The number of ether oxygens (including phenoxy) is 2. The summed E-state index contributed by atoms with van der Waals surface area (Å²) in [5, 5.41) is 0. The number of aryl methyl sites for hydroxylation is 1. The van der Waals surface area contributed by atoms with Crippen LogP contribution in [0.1, 0.15) is 130 Å². The molecule has 1 aromatic rings. The van der Waals surface area contributed by atoms with Crippen LogP contribution >= 0.6 is 0 Å². The van der Waals surface area contributed by atoms with Gasteiger partial charge in [-0.2, -0.15) is 0 Å². The first-order chi connectivity index (χ1) is 18.9. The lowest BCUT2D eigenvalue weighted by Crippen LogP contribution is -2.50. The van der Waals surface area contributed by atoms with Crippen LogP contribution in [-0.4, -0.2) is 12.3 Å². The normalized spacial score (nSPS) is 35.4. The molecule has 3 nitrogen and oxygen atoms in total. The standard InChI is InChI=1S/C36H54O3/c1-5-7-8-9-10-11-15-27-18-20-31-30-19-17-28-25-29(21-23-36(28,4)32(30)22-24-35(27,31)3)38-34(37)39-33-16-13-12-14-26(33)6-2/h12-14,16-17,27,29-32H,5-11,15,18-25H2,1-4H3/t27?,29-,30?,31?,32?,35+,36-/m0/s1. The van der Waals surface area contributed by atoms with Crippen molar-refractivity contribution in [2.75, 3.05) is 0 Å². The fourth-order valence-electron chi connectivity index (χ4n) is 9.63. The van der Waals surface area contributed by atoms with Gasteiger partial charge in [0.25, 0.3) is 0 Å². The molecule has 4 aliphatic carbocycles. The van der Waals surface area contributed by atoms with Crippen LogP contribution in [-0.2, 0) is 11.2 Å². The van der Waals surface area contributed by atoms with Crippen molar-refractivity contribution in [2.24, 2.45) is 34.5 Å². The fraction of sp³-hybridized carbons (Fsp3) is 0.750. The number of unbranched alkanes of at least 4 members (excludes halogenated alkanes) is 5. The Hall–Kier alpha value is -1.77. The Labute approximate surface area is 238 Å². The van der Waals surface area contributed by atoms with Crippen LogP contribution in [0.3, 0.4) is 0 Å². The van der Waals surface area contributed by atoms with Crippen LogP contribution in [0.4, 0.5) is 4.79 Å². The molecule has 3 fully saturated rings. The Morgan fingerprint density at radius 1 is 0.923 bits per heavy atom. The third-order valence-electron chi connectivity index (χ3n) is 12.0. The summed E-state index contributed by atoms with van der Waals surface area (Å²) in [6, 6.07) is 7.76. The van der Waals surface area contributed by atoms with E-state index in [4.69, 9.17) is 9.47 Å². The third kappa shape index (κ3) is 5.84. The first-order valence-corrected chi connectivity index (χ1v) is 16.5. The summed E-state index contributed by atoms with van der Waals surface area (Å²) in [5.41, 5.74) is 3.44. The average molecular weight is 535 g/mol. The van der Waals surface area contributed by atoms with Gasteiger partial charge in [0.05, 0.1) is 0 Å². The van der Waals surface area contributed by atoms with Crippen molar-refractivity contribution in [3.05, 3.63) is 41.5 Å². The third-order valence-corrected chi connectivity index (χ3v) is 12.0. The molecule has 3 heteroatoms. The van der Waals surface area contributed by atoms with E-state index in [1.807, 2.05) is 24.3 Å². The molecule has 39 heavy (non-hydrogen) atoms. The maximum Gasteiger partial charge on any atom is 0.514 e. The zero-order valence-corrected chi connectivity index (χ0v) is 25.3. The summed E-state index contributed by atoms with van der Waals surface area (Å²) in [7, 11) is 0.